The second-order valence-corrected chi connectivity index (χ2v) is 7.83. The number of pyridine rings is 1. The molecule has 0 spiro atoms. The topological polar surface area (TPSA) is 68.1 Å². The predicted molar refractivity (Wildman–Crippen MR) is 106 cm³/mol. The number of aryl methyl sites for hydroxylation is 2. The fraction of sp³-hybridized carbons (Fsp3) is 0.364. The van der Waals surface area contributed by atoms with E-state index in [9.17, 15) is 9.59 Å². The fourth-order valence-electron chi connectivity index (χ4n) is 4.22. The molecule has 5 rings (SSSR count). The predicted octanol–water partition coefficient (Wildman–Crippen LogP) is 2.44. The normalized spacial score (nSPS) is 16.6. The molecule has 0 atom stereocenters. The van der Waals surface area contributed by atoms with Gasteiger partial charge in [-0.3, -0.25) is 14.6 Å². The Balaban J connectivity index is 1.26. The highest BCUT2D eigenvalue weighted by atomic mass is 16.2. The first-order chi connectivity index (χ1) is 13.7. The summed E-state index contributed by atoms with van der Waals surface area (Å²) < 4.78 is 1.60. The van der Waals surface area contributed by atoms with E-state index in [1.807, 2.05) is 35.2 Å². The molecule has 142 valence electrons. The van der Waals surface area contributed by atoms with Gasteiger partial charge in [-0.2, -0.15) is 5.10 Å². The van der Waals surface area contributed by atoms with Crippen molar-refractivity contribution in [2.45, 2.75) is 32.2 Å². The maximum atomic E-state index is 12.7. The van der Waals surface area contributed by atoms with Crippen LogP contribution in [0.25, 0.3) is 10.9 Å². The van der Waals surface area contributed by atoms with Gasteiger partial charge in [-0.15, -0.1) is 0 Å². The van der Waals surface area contributed by atoms with Gasteiger partial charge in [-0.05, 0) is 55.5 Å². The second kappa shape index (κ2) is 6.86. The average Bonchev–Trinajstić information content (AvgIpc) is 2.69. The Morgan fingerprint density at radius 1 is 1.11 bits per heavy atom. The van der Waals surface area contributed by atoms with Crippen molar-refractivity contribution in [1.29, 1.82) is 0 Å². The van der Waals surface area contributed by atoms with Crippen molar-refractivity contribution in [3.8, 4) is 0 Å². The maximum Gasteiger partial charge on any atom is 0.267 e. The lowest BCUT2D eigenvalue weighted by atomic mass is 9.96. The van der Waals surface area contributed by atoms with Crippen LogP contribution in [0.15, 0.2) is 47.4 Å². The molecule has 1 aliphatic heterocycles. The Kier molecular flexibility index (Phi) is 4.19. The highest BCUT2D eigenvalue weighted by Crippen LogP contribution is 2.22. The summed E-state index contributed by atoms with van der Waals surface area (Å²) in [7, 11) is 0. The quantitative estimate of drug-likeness (QED) is 0.706. The van der Waals surface area contributed by atoms with Crippen molar-refractivity contribution in [2.75, 3.05) is 13.1 Å². The van der Waals surface area contributed by atoms with E-state index in [4.69, 9.17) is 0 Å². The lowest BCUT2D eigenvalue weighted by Crippen LogP contribution is -2.52. The Morgan fingerprint density at radius 2 is 1.96 bits per heavy atom. The van der Waals surface area contributed by atoms with Gasteiger partial charge in [0.25, 0.3) is 11.5 Å². The second-order valence-electron chi connectivity index (χ2n) is 7.83. The standard InChI is InChI=1S/C22H22N4O2/c27-21-11-17-4-1-2-6-20(17)24-26(21)14-15-12-25(13-15)22(28)18-7-8-19-16(10-18)5-3-9-23-19/h3,5,7-11,15H,1-2,4,6,12-14H2. The number of aromatic nitrogens is 3. The molecule has 1 fully saturated rings. The van der Waals surface area contributed by atoms with Crippen LogP contribution >= 0.6 is 0 Å². The van der Waals surface area contributed by atoms with Gasteiger partial charge in [-0.25, -0.2) is 4.68 Å². The summed E-state index contributed by atoms with van der Waals surface area (Å²) in [5.74, 6) is 0.311. The molecule has 0 bridgehead atoms. The summed E-state index contributed by atoms with van der Waals surface area (Å²) in [6.45, 7) is 1.90. The molecule has 3 heterocycles. The maximum absolute atomic E-state index is 12.7. The van der Waals surface area contributed by atoms with Gasteiger partial charge in [0.05, 0.1) is 17.8 Å². The van der Waals surface area contributed by atoms with Gasteiger partial charge >= 0.3 is 0 Å². The average molecular weight is 374 g/mol. The van der Waals surface area contributed by atoms with Gasteiger partial charge in [0, 0.05) is 42.2 Å². The van der Waals surface area contributed by atoms with Gasteiger partial charge in [0.2, 0.25) is 0 Å². The van der Waals surface area contributed by atoms with Gasteiger partial charge < -0.3 is 4.90 Å². The summed E-state index contributed by atoms with van der Waals surface area (Å²) in [5.41, 5.74) is 3.74. The van der Waals surface area contributed by atoms with Crippen LogP contribution in [0.5, 0.6) is 0 Å². The lowest BCUT2D eigenvalue weighted by molar-refractivity contribution is 0.0458. The number of amides is 1. The number of rotatable bonds is 3. The monoisotopic (exact) mass is 374 g/mol. The molecule has 0 saturated carbocycles. The molecule has 2 aromatic heterocycles. The molecule has 28 heavy (non-hydrogen) atoms. The Bertz CT molecular complexity index is 1110. The van der Waals surface area contributed by atoms with Crippen molar-refractivity contribution < 1.29 is 4.79 Å². The first kappa shape index (κ1) is 17.1. The van der Waals surface area contributed by atoms with Crippen molar-refractivity contribution in [3.63, 3.8) is 0 Å². The first-order valence-electron chi connectivity index (χ1n) is 9.91. The van der Waals surface area contributed by atoms with Gasteiger partial charge in [-0.1, -0.05) is 6.07 Å². The Morgan fingerprint density at radius 3 is 2.86 bits per heavy atom. The van der Waals surface area contributed by atoms with Crippen LogP contribution in [-0.2, 0) is 19.4 Å². The zero-order chi connectivity index (χ0) is 19.1. The smallest absolute Gasteiger partial charge is 0.267 e. The third kappa shape index (κ3) is 3.09. The Labute approximate surface area is 162 Å². The molecule has 0 N–H and O–H groups in total. The molecule has 1 saturated heterocycles. The number of hydrogen-bond acceptors (Lipinski definition) is 4. The summed E-state index contributed by atoms with van der Waals surface area (Å²) in [4.78, 5) is 31.2. The lowest BCUT2D eigenvalue weighted by Gasteiger charge is -2.39. The van der Waals surface area contributed by atoms with Crippen LogP contribution in [0, 0.1) is 5.92 Å². The Hall–Kier alpha value is -3.02. The van der Waals surface area contributed by atoms with E-state index >= 15 is 0 Å². The molecule has 2 aliphatic rings. The first-order valence-corrected chi connectivity index (χ1v) is 9.91. The van der Waals surface area contributed by atoms with E-state index in [0.717, 1.165) is 47.8 Å². The molecule has 1 aliphatic carbocycles. The van der Waals surface area contributed by atoms with Crippen molar-refractivity contribution in [3.05, 3.63) is 69.8 Å². The van der Waals surface area contributed by atoms with E-state index in [2.05, 4.69) is 10.1 Å². The van der Waals surface area contributed by atoms with E-state index in [1.165, 1.54) is 0 Å². The number of nitrogens with zero attached hydrogens (tertiary/aromatic N) is 4. The molecule has 6 heteroatoms. The number of likely N-dealkylation sites (tertiary alicyclic amines) is 1. The molecule has 1 aromatic carbocycles. The van der Waals surface area contributed by atoms with Crippen LogP contribution < -0.4 is 5.56 Å². The number of carbonyl (C=O) groups is 1. The number of fused-ring (bicyclic) bond motifs is 2. The largest absolute Gasteiger partial charge is 0.338 e. The minimum atomic E-state index is -0.0209. The van der Waals surface area contributed by atoms with Gasteiger partial charge in [0.15, 0.2) is 0 Å². The minimum absolute atomic E-state index is 0.0209. The molecule has 6 nitrogen and oxygen atoms in total. The number of carbonyl (C=O) groups excluding carboxylic acids is 1. The minimum Gasteiger partial charge on any atom is -0.338 e. The van der Waals surface area contributed by atoms with Crippen LogP contribution in [0.3, 0.4) is 0 Å². The molecule has 3 aromatic rings. The summed E-state index contributed by atoms with van der Waals surface area (Å²) in [6.07, 6.45) is 5.96. The van der Waals surface area contributed by atoms with E-state index < -0.39 is 0 Å². The molecular weight excluding hydrogens is 352 g/mol. The zero-order valence-corrected chi connectivity index (χ0v) is 15.7. The van der Waals surface area contributed by atoms with Crippen LogP contribution in [0.1, 0.15) is 34.5 Å². The van der Waals surface area contributed by atoms with Crippen molar-refractivity contribution >= 4 is 16.8 Å². The molecule has 1 amide bonds. The third-order valence-electron chi connectivity index (χ3n) is 5.80. The molecular formula is C22H22N4O2. The van der Waals surface area contributed by atoms with Crippen molar-refractivity contribution in [1.82, 2.24) is 19.7 Å². The number of hydrogen-bond donors (Lipinski definition) is 0. The van der Waals surface area contributed by atoms with Crippen LogP contribution in [0.4, 0.5) is 0 Å². The van der Waals surface area contributed by atoms with E-state index in [-0.39, 0.29) is 17.4 Å². The van der Waals surface area contributed by atoms with Crippen LogP contribution in [-0.4, -0.2) is 38.7 Å². The van der Waals surface area contributed by atoms with Gasteiger partial charge in [0.1, 0.15) is 0 Å². The van der Waals surface area contributed by atoms with Crippen LogP contribution in [0.2, 0.25) is 0 Å². The highest BCUT2D eigenvalue weighted by Gasteiger charge is 2.32. The zero-order valence-electron chi connectivity index (χ0n) is 15.7. The summed E-state index contributed by atoms with van der Waals surface area (Å²) in [5, 5.41) is 5.56. The van der Waals surface area contributed by atoms with Crippen molar-refractivity contribution in [2.24, 2.45) is 5.92 Å². The summed E-state index contributed by atoms with van der Waals surface area (Å²) >= 11 is 0. The highest BCUT2D eigenvalue weighted by molar-refractivity contribution is 5.98. The third-order valence-corrected chi connectivity index (χ3v) is 5.80. The van der Waals surface area contributed by atoms with E-state index in [0.29, 0.717) is 25.2 Å². The molecule has 0 unspecified atom stereocenters. The SMILES string of the molecule is O=C(c1ccc2ncccc2c1)N1CC(Cn2nc3c(cc2=O)CCCC3)C1. The van der Waals surface area contributed by atoms with E-state index in [1.54, 1.807) is 16.9 Å². The molecule has 0 radical (unpaired) electrons. The summed E-state index contributed by atoms with van der Waals surface area (Å²) in [6, 6.07) is 11.2. The number of benzene rings is 1. The fourth-order valence-corrected chi connectivity index (χ4v) is 4.22.